The van der Waals surface area contributed by atoms with Gasteiger partial charge < -0.3 is 25.8 Å². The molecule has 1 aliphatic heterocycles. The minimum absolute atomic E-state index is 0.260. The topological polar surface area (TPSA) is 135 Å². The molecule has 5 rings (SSSR count). The number of halogens is 1. The van der Waals surface area contributed by atoms with Crippen LogP contribution < -0.4 is 15.8 Å². The van der Waals surface area contributed by atoms with Crippen LogP contribution in [-0.2, 0) is 13.1 Å². The van der Waals surface area contributed by atoms with Gasteiger partial charge in [0, 0.05) is 67.4 Å². The van der Waals surface area contributed by atoms with Gasteiger partial charge in [-0.05, 0) is 51.1 Å². The first-order chi connectivity index (χ1) is 21.9. The minimum Gasteiger partial charge on any atom is -0.478 e. The normalized spacial score (nSPS) is 14.1. The predicted octanol–water partition coefficient (Wildman–Crippen LogP) is 3.56. The molecule has 1 saturated heterocycles. The van der Waals surface area contributed by atoms with Crippen molar-refractivity contribution < 1.29 is 19.0 Å². The number of piperazine rings is 1. The second-order valence-corrected chi connectivity index (χ2v) is 12.2. The van der Waals surface area contributed by atoms with Crippen LogP contribution in [0.3, 0.4) is 0 Å². The van der Waals surface area contributed by atoms with Crippen LogP contribution in [0.2, 0.25) is 0 Å². The van der Waals surface area contributed by atoms with Crippen molar-refractivity contribution in [1.29, 1.82) is 0 Å². The molecule has 0 saturated carbocycles. The number of benzene rings is 2. The molecular formula is C34H39FN8O3. The summed E-state index contributed by atoms with van der Waals surface area (Å²) in [5, 5.41) is 17.5. The Labute approximate surface area is 268 Å². The van der Waals surface area contributed by atoms with Crippen LogP contribution >= 0.6 is 0 Å². The molecule has 0 spiro atoms. The van der Waals surface area contributed by atoms with Crippen LogP contribution in [0.25, 0.3) is 11.1 Å². The van der Waals surface area contributed by atoms with Crippen molar-refractivity contribution in [3.63, 3.8) is 0 Å². The minimum atomic E-state index is -0.956. The number of rotatable bonds is 9. The summed E-state index contributed by atoms with van der Waals surface area (Å²) in [6.07, 6.45) is 4.83. The summed E-state index contributed by atoms with van der Waals surface area (Å²) in [5.41, 5.74) is 9.12. The third-order valence-corrected chi connectivity index (χ3v) is 7.71. The number of nitrogens with two attached hydrogens (primary N) is 1. The lowest BCUT2D eigenvalue weighted by Crippen LogP contribution is -2.44. The Bertz CT molecular complexity index is 1780. The van der Waals surface area contributed by atoms with Crippen LogP contribution in [0.15, 0.2) is 48.9 Å². The second kappa shape index (κ2) is 13.7. The first-order valence-corrected chi connectivity index (χ1v) is 15.0. The average Bonchev–Trinajstić information content (AvgIpc) is 3.38. The molecule has 0 unspecified atom stereocenters. The van der Waals surface area contributed by atoms with Crippen LogP contribution in [0.1, 0.15) is 46.5 Å². The number of aromatic nitrogens is 4. The molecule has 2 aromatic carbocycles. The molecule has 0 aliphatic carbocycles. The third kappa shape index (κ3) is 7.87. The number of carbonyl (C=O) groups excluding carboxylic acids is 1. The molecule has 0 atom stereocenters. The fourth-order valence-corrected chi connectivity index (χ4v) is 5.28. The van der Waals surface area contributed by atoms with E-state index in [0.29, 0.717) is 51.9 Å². The number of likely N-dealkylation sites (N-methyl/N-ethyl adjacent to an activating group) is 1. The molecule has 240 valence electrons. The number of aliphatic hydroxyl groups is 1. The summed E-state index contributed by atoms with van der Waals surface area (Å²) < 4.78 is 22.4. The van der Waals surface area contributed by atoms with E-state index in [1.54, 1.807) is 55.3 Å². The van der Waals surface area contributed by atoms with E-state index in [0.717, 1.165) is 31.7 Å². The van der Waals surface area contributed by atoms with Gasteiger partial charge in [-0.2, -0.15) is 0 Å². The van der Waals surface area contributed by atoms with Crippen LogP contribution in [0, 0.1) is 24.6 Å². The highest BCUT2D eigenvalue weighted by Crippen LogP contribution is 2.32. The number of nitrogens with zero attached hydrogens (tertiary/aromatic N) is 6. The van der Waals surface area contributed by atoms with Crippen molar-refractivity contribution in [3.8, 4) is 28.8 Å². The molecule has 0 bridgehead atoms. The zero-order valence-electron chi connectivity index (χ0n) is 26.8. The third-order valence-electron chi connectivity index (χ3n) is 7.71. The van der Waals surface area contributed by atoms with Crippen molar-refractivity contribution in [2.75, 3.05) is 45.7 Å². The molecule has 1 fully saturated rings. The van der Waals surface area contributed by atoms with E-state index in [2.05, 4.69) is 49.1 Å². The van der Waals surface area contributed by atoms with Gasteiger partial charge in [0.15, 0.2) is 0 Å². The molecule has 1 aliphatic rings. The molecule has 0 radical (unpaired) electrons. The van der Waals surface area contributed by atoms with Crippen molar-refractivity contribution >= 4 is 17.5 Å². The summed E-state index contributed by atoms with van der Waals surface area (Å²) in [7, 11) is 3.59. The Balaban J connectivity index is 1.40. The van der Waals surface area contributed by atoms with Gasteiger partial charge in [0.25, 0.3) is 5.88 Å². The van der Waals surface area contributed by atoms with Crippen LogP contribution in [-0.4, -0.2) is 86.5 Å². The summed E-state index contributed by atoms with van der Waals surface area (Å²) in [5.74, 6) is 5.90. The number of primary amides is 1. The number of ether oxygens (including phenoxy) is 1. The van der Waals surface area contributed by atoms with Gasteiger partial charge >= 0.3 is 0 Å². The molecule has 11 nitrogen and oxygen atoms in total. The summed E-state index contributed by atoms with van der Waals surface area (Å²) in [6.45, 7) is 9.70. The Kier molecular flexibility index (Phi) is 9.67. The van der Waals surface area contributed by atoms with Crippen LogP contribution in [0.5, 0.6) is 5.88 Å². The Hall–Kier alpha value is -4.83. The largest absolute Gasteiger partial charge is 0.478 e. The van der Waals surface area contributed by atoms with Crippen molar-refractivity contribution in [2.45, 2.75) is 39.5 Å². The van der Waals surface area contributed by atoms with Crippen molar-refractivity contribution in [3.05, 3.63) is 82.6 Å². The molecule has 4 N–H and O–H groups in total. The molecule has 1 amide bonds. The smallest absolute Gasteiger partial charge is 0.256 e. The van der Waals surface area contributed by atoms with E-state index in [9.17, 15) is 9.90 Å². The van der Waals surface area contributed by atoms with E-state index in [1.165, 1.54) is 13.2 Å². The van der Waals surface area contributed by atoms with E-state index < -0.39 is 11.5 Å². The zero-order valence-corrected chi connectivity index (χ0v) is 26.8. The molecular weight excluding hydrogens is 587 g/mol. The maximum Gasteiger partial charge on any atom is 0.256 e. The number of methoxy groups -OCH3 is 1. The molecule has 4 aromatic rings. The maximum absolute atomic E-state index is 15.5. The Morgan fingerprint density at radius 3 is 2.48 bits per heavy atom. The fourth-order valence-electron chi connectivity index (χ4n) is 5.28. The van der Waals surface area contributed by atoms with Gasteiger partial charge in [-0.15, -0.1) is 5.10 Å². The number of nitrogens with one attached hydrogen (secondary N) is 1. The SMILES string of the molecule is COc1nn(CC(C)(C)O)cc1Nc1ncc(C#Cc2c(C)ccc(C(N)=O)c2-c2ccc(CN3CCN(C)CC3)c(F)c2)cn1. The van der Waals surface area contributed by atoms with Gasteiger partial charge in [-0.3, -0.25) is 14.4 Å². The lowest BCUT2D eigenvalue weighted by Gasteiger charge is -2.32. The number of amides is 1. The highest BCUT2D eigenvalue weighted by Gasteiger charge is 2.20. The predicted molar refractivity (Wildman–Crippen MR) is 174 cm³/mol. The van der Waals surface area contributed by atoms with Gasteiger partial charge in [-0.25, -0.2) is 14.4 Å². The van der Waals surface area contributed by atoms with Crippen molar-refractivity contribution in [2.24, 2.45) is 5.73 Å². The number of carbonyl (C=O) groups is 1. The average molecular weight is 627 g/mol. The highest BCUT2D eigenvalue weighted by atomic mass is 19.1. The highest BCUT2D eigenvalue weighted by molar-refractivity contribution is 6.01. The Morgan fingerprint density at radius 1 is 1.13 bits per heavy atom. The molecule has 12 heteroatoms. The van der Waals surface area contributed by atoms with Gasteiger partial charge in [0.2, 0.25) is 11.9 Å². The zero-order chi connectivity index (χ0) is 33.0. The summed E-state index contributed by atoms with van der Waals surface area (Å²) in [6, 6.07) is 8.48. The molecule has 3 heterocycles. The second-order valence-electron chi connectivity index (χ2n) is 12.2. The van der Waals surface area contributed by atoms with Gasteiger partial charge in [0.1, 0.15) is 11.5 Å². The first kappa shape index (κ1) is 32.6. The Morgan fingerprint density at radius 2 is 1.85 bits per heavy atom. The van der Waals surface area contributed by atoms with E-state index in [4.69, 9.17) is 10.5 Å². The standard InChI is InChI=1S/C34H39FN8O3/c1-22-6-10-27(31(36)44)30(24-8-9-25(28(35)16-24)19-42-14-12-41(4)13-15-42)26(22)11-7-23-17-37-33(38-18-23)39-29-20-43(21-34(2,3)45)40-32(29)46-5/h6,8-10,16-18,20,45H,12-15,19,21H2,1-5H3,(H2,36,44)(H,37,38,39). The van der Waals surface area contributed by atoms with E-state index in [-0.39, 0.29) is 17.9 Å². The summed E-state index contributed by atoms with van der Waals surface area (Å²) >= 11 is 0. The van der Waals surface area contributed by atoms with Gasteiger partial charge in [-0.1, -0.05) is 30.0 Å². The fraction of sp³-hybridized carbons (Fsp3) is 0.353. The molecule has 46 heavy (non-hydrogen) atoms. The quantitative estimate of drug-likeness (QED) is 0.239. The lowest BCUT2D eigenvalue weighted by molar-refractivity contribution is 0.0574. The maximum atomic E-state index is 15.5. The van der Waals surface area contributed by atoms with E-state index >= 15 is 4.39 Å². The van der Waals surface area contributed by atoms with Crippen molar-refractivity contribution in [1.82, 2.24) is 29.5 Å². The number of hydrogen-bond donors (Lipinski definition) is 3. The lowest BCUT2D eigenvalue weighted by atomic mass is 9.90. The monoisotopic (exact) mass is 626 g/mol. The number of anilines is 2. The summed E-state index contributed by atoms with van der Waals surface area (Å²) in [4.78, 5) is 25.7. The number of hydrogen-bond acceptors (Lipinski definition) is 9. The van der Waals surface area contributed by atoms with E-state index in [1.807, 2.05) is 13.0 Å². The number of aryl methyl sites for hydroxylation is 1. The molecule has 2 aromatic heterocycles. The first-order valence-electron chi connectivity index (χ1n) is 15.0. The van der Waals surface area contributed by atoms with Gasteiger partial charge in [0.05, 0.1) is 31.0 Å². The van der Waals surface area contributed by atoms with Crippen LogP contribution in [0.4, 0.5) is 16.0 Å².